The molecule has 1 N–H and O–H groups in total. The van der Waals surface area contributed by atoms with Gasteiger partial charge in [-0.15, -0.1) is 0 Å². The predicted molar refractivity (Wildman–Crippen MR) is 103 cm³/mol. The predicted octanol–water partition coefficient (Wildman–Crippen LogP) is 3.25. The van der Waals surface area contributed by atoms with Gasteiger partial charge in [0, 0.05) is 13.5 Å². The topological polar surface area (TPSA) is 77.5 Å². The average molecular weight is 391 g/mol. The number of aliphatic hydroxyl groups is 1. The minimum Gasteiger partial charge on any atom is -0.509 e. The second kappa shape index (κ2) is 8.61. The fourth-order valence-corrected chi connectivity index (χ4v) is 3.86. The van der Waals surface area contributed by atoms with Gasteiger partial charge in [-0.1, -0.05) is 18.2 Å². The van der Waals surface area contributed by atoms with Crippen molar-refractivity contribution in [1.29, 1.82) is 0 Å². The Morgan fingerprint density at radius 2 is 1.89 bits per heavy atom. The third-order valence-electron chi connectivity index (χ3n) is 5.39. The summed E-state index contributed by atoms with van der Waals surface area (Å²) in [5, 5.41) is 12.4. The van der Waals surface area contributed by atoms with E-state index in [1.807, 2.05) is 32.0 Å². The Bertz CT molecular complexity index is 735. The average Bonchev–Trinajstić information content (AvgIpc) is 2.86. The zero-order valence-electron chi connectivity index (χ0n) is 17.0. The van der Waals surface area contributed by atoms with Crippen molar-refractivity contribution in [2.24, 2.45) is 0 Å². The van der Waals surface area contributed by atoms with Crippen LogP contribution in [0.3, 0.4) is 0 Å². The number of hydroxylamine groups is 2. The lowest BCUT2D eigenvalue weighted by Crippen LogP contribution is -2.47. The van der Waals surface area contributed by atoms with Crippen molar-refractivity contribution in [1.82, 2.24) is 5.06 Å². The van der Waals surface area contributed by atoms with Gasteiger partial charge in [-0.3, -0.25) is 4.79 Å². The van der Waals surface area contributed by atoms with Crippen LogP contribution in [0.15, 0.2) is 24.0 Å². The summed E-state index contributed by atoms with van der Waals surface area (Å²) in [6.45, 7) is 6.86. The number of methoxy groups -OCH3 is 1. The van der Waals surface area contributed by atoms with Gasteiger partial charge < -0.3 is 19.3 Å². The zero-order valence-corrected chi connectivity index (χ0v) is 17.0. The van der Waals surface area contributed by atoms with Crippen molar-refractivity contribution in [3.05, 3.63) is 40.6 Å². The molecule has 154 valence electrons. The third kappa shape index (κ3) is 3.80. The Labute approximate surface area is 165 Å². The Hall–Kier alpha value is -1.93. The van der Waals surface area contributed by atoms with Crippen LogP contribution in [-0.2, 0) is 23.8 Å². The lowest BCUT2D eigenvalue weighted by Gasteiger charge is -2.35. The van der Waals surface area contributed by atoms with Crippen LogP contribution >= 0.6 is 0 Å². The van der Waals surface area contributed by atoms with Crippen LogP contribution in [0.2, 0.25) is 0 Å². The molecule has 0 bridgehead atoms. The Kier molecular flexibility index (Phi) is 6.40. The van der Waals surface area contributed by atoms with Crippen LogP contribution in [0.25, 0.3) is 5.57 Å². The molecule has 1 aromatic rings. The van der Waals surface area contributed by atoms with Gasteiger partial charge in [0.15, 0.2) is 13.1 Å². The number of hydrogen-bond donors (Lipinski definition) is 1. The number of rotatable bonds is 7. The minimum atomic E-state index is -1.04. The van der Waals surface area contributed by atoms with Gasteiger partial charge in [-0.05, 0) is 50.3 Å². The van der Waals surface area contributed by atoms with Gasteiger partial charge in [0.05, 0.1) is 18.8 Å². The first-order valence-corrected chi connectivity index (χ1v) is 9.60. The maximum Gasteiger partial charge on any atom is 0.282 e. The van der Waals surface area contributed by atoms with E-state index >= 15 is 0 Å². The number of aryl methyl sites for hydroxylation is 2. The molecule has 1 fully saturated rings. The van der Waals surface area contributed by atoms with E-state index in [9.17, 15) is 9.90 Å². The number of ether oxygens (including phenoxy) is 3. The molecule has 0 aromatic heterocycles. The molecule has 1 atom stereocenters. The van der Waals surface area contributed by atoms with Gasteiger partial charge >= 0.3 is 0 Å². The molecule has 2 aliphatic rings. The van der Waals surface area contributed by atoms with Crippen molar-refractivity contribution in [3.8, 4) is 0 Å². The molecule has 1 amide bonds. The summed E-state index contributed by atoms with van der Waals surface area (Å²) >= 11 is 0. The maximum atomic E-state index is 13.3. The van der Waals surface area contributed by atoms with Crippen molar-refractivity contribution < 1.29 is 28.9 Å². The molecule has 0 radical (unpaired) electrons. The molecule has 1 aromatic carbocycles. The van der Waals surface area contributed by atoms with E-state index in [4.69, 9.17) is 19.0 Å². The molecule has 0 saturated carbocycles. The summed E-state index contributed by atoms with van der Waals surface area (Å²) in [5.41, 5.74) is 1.82. The smallest absolute Gasteiger partial charge is 0.282 e. The summed E-state index contributed by atoms with van der Waals surface area (Å²) in [6.07, 6.45) is 1.48. The molecule has 0 aliphatic carbocycles. The highest BCUT2D eigenvalue weighted by molar-refractivity contribution is 6.23. The number of nitrogens with zero attached hydrogens (tertiary/aromatic N) is 1. The third-order valence-corrected chi connectivity index (χ3v) is 5.39. The van der Waals surface area contributed by atoms with Gasteiger partial charge in [-0.2, -0.15) is 0 Å². The fraction of sp³-hybridized carbons (Fsp3) is 0.571. The monoisotopic (exact) mass is 391 g/mol. The Morgan fingerprint density at radius 3 is 2.50 bits per heavy atom. The number of amides is 1. The molecule has 1 saturated heterocycles. The van der Waals surface area contributed by atoms with Crippen LogP contribution in [0.5, 0.6) is 0 Å². The van der Waals surface area contributed by atoms with Gasteiger partial charge in [-0.25, -0.2) is 9.90 Å². The largest absolute Gasteiger partial charge is 0.509 e. The first kappa shape index (κ1) is 20.8. The highest BCUT2D eigenvalue weighted by atomic mass is 16.8. The number of carbonyl (C=O) groups is 1. The molecule has 28 heavy (non-hydrogen) atoms. The van der Waals surface area contributed by atoms with Crippen LogP contribution in [0, 0.1) is 13.8 Å². The van der Waals surface area contributed by atoms with Gasteiger partial charge in [0.1, 0.15) is 11.3 Å². The lowest BCUT2D eigenvalue weighted by molar-refractivity contribution is -0.246. The Morgan fingerprint density at radius 1 is 1.25 bits per heavy atom. The molecule has 2 heterocycles. The van der Waals surface area contributed by atoms with E-state index in [-0.39, 0.29) is 30.3 Å². The molecule has 0 spiro atoms. The summed E-state index contributed by atoms with van der Waals surface area (Å²) in [7, 11) is 1.49. The highest BCUT2D eigenvalue weighted by Crippen LogP contribution is 2.43. The van der Waals surface area contributed by atoms with Gasteiger partial charge in [0.2, 0.25) is 0 Å². The molecular weight excluding hydrogens is 362 g/mol. The maximum absolute atomic E-state index is 13.3. The van der Waals surface area contributed by atoms with Crippen LogP contribution < -0.4 is 0 Å². The first-order chi connectivity index (χ1) is 13.4. The second-order valence-corrected chi connectivity index (χ2v) is 7.46. The molecule has 1 unspecified atom stereocenters. The first-order valence-electron chi connectivity index (χ1n) is 9.60. The molecular formula is C21H29NO6. The van der Waals surface area contributed by atoms with Crippen LogP contribution in [-0.4, -0.2) is 55.0 Å². The number of benzene rings is 1. The van der Waals surface area contributed by atoms with E-state index in [1.54, 1.807) is 6.92 Å². The standard InChI is InChI=1S/C21H29NO6/c1-14-7-5-8-15(2)17(14)18-19(23)21(3,22(20(18)24)28-13-25-4)10-9-16-26-11-6-12-27-16/h5,7-8,16,23H,6,9-13H2,1-4H3. The molecule has 2 aliphatic heterocycles. The summed E-state index contributed by atoms with van der Waals surface area (Å²) < 4.78 is 16.2. The number of carbonyl (C=O) groups excluding carboxylic acids is 1. The summed E-state index contributed by atoms with van der Waals surface area (Å²) in [4.78, 5) is 18.9. The number of aliphatic hydroxyl groups excluding tert-OH is 1. The van der Waals surface area contributed by atoms with Crippen molar-refractivity contribution >= 4 is 11.5 Å². The van der Waals surface area contributed by atoms with E-state index in [0.717, 1.165) is 23.1 Å². The van der Waals surface area contributed by atoms with E-state index < -0.39 is 5.54 Å². The van der Waals surface area contributed by atoms with E-state index in [2.05, 4.69) is 0 Å². The van der Waals surface area contributed by atoms with E-state index in [0.29, 0.717) is 26.1 Å². The molecule has 7 heteroatoms. The summed E-state index contributed by atoms with van der Waals surface area (Å²) in [5.74, 6) is -0.373. The summed E-state index contributed by atoms with van der Waals surface area (Å²) in [6, 6.07) is 5.78. The SMILES string of the molecule is COCON1C(=O)C(c2c(C)cccc2C)=C(O)C1(C)CCC1OCCCO1. The number of hydrogen-bond acceptors (Lipinski definition) is 6. The van der Waals surface area contributed by atoms with Gasteiger partial charge in [0.25, 0.3) is 5.91 Å². The van der Waals surface area contributed by atoms with Crippen LogP contribution in [0.4, 0.5) is 0 Å². The van der Waals surface area contributed by atoms with Crippen LogP contribution in [0.1, 0.15) is 42.9 Å². The molecule has 7 nitrogen and oxygen atoms in total. The Balaban J connectivity index is 1.95. The fourth-order valence-electron chi connectivity index (χ4n) is 3.86. The normalized spacial score (nSPS) is 23.7. The highest BCUT2D eigenvalue weighted by Gasteiger charge is 2.51. The second-order valence-electron chi connectivity index (χ2n) is 7.46. The van der Waals surface area contributed by atoms with Crippen molar-refractivity contribution in [2.75, 3.05) is 27.1 Å². The quantitative estimate of drug-likeness (QED) is 0.719. The van der Waals surface area contributed by atoms with Crippen molar-refractivity contribution in [2.45, 2.75) is 51.9 Å². The zero-order chi connectivity index (χ0) is 20.3. The minimum absolute atomic E-state index is 0.00168. The van der Waals surface area contributed by atoms with Crippen molar-refractivity contribution in [3.63, 3.8) is 0 Å². The van der Waals surface area contributed by atoms with E-state index in [1.165, 1.54) is 12.2 Å². The molecule has 3 rings (SSSR count). The lowest BCUT2D eigenvalue weighted by atomic mass is 9.90.